The molecule has 7 heteroatoms. The van der Waals surface area contributed by atoms with Crippen LogP contribution in [0.3, 0.4) is 0 Å². The molecular weight excluding hydrogens is 366 g/mol. The second-order valence-corrected chi connectivity index (χ2v) is 8.08. The van der Waals surface area contributed by atoms with Gasteiger partial charge in [0, 0.05) is 33.1 Å². The SMILES string of the molecule is CN=C(NCC(c1ccc(OC)cc1)N1CCCC1)N1CCCC(CC(N)=O)C1. The van der Waals surface area contributed by atoms with Crippen LogP contribution in [0.5, 0.6) is 5.75 Å². The van der Waals surface area contributed by atoms with Gasteiger partial charge in [0.25, 0.3) is 0 Å². The second-order valence-electron chi connectivity index (χ2n) is 8.08. The summed E-state index contributed by atoms with van der Waals surface area (Å²) in [5, 5.41) is 3.60. The lowest BCUT2D eigenvalue weighted by Gasteiger charge is -2.36. The third kappa shape index (κ3) is 5.85. The van der Waals surface area contributed by atoms with Gasteiger partial charge in [-0.2, -0.15) is 0 Å². The fraction of sp³-hybridized carbons (Fsp3) is 0.636. The molecule has 0 aliphatic carbocycles. The Kier molecular flexibility index (Phi) is 7.75. The van der Waals surface area contributed by atoms with E-state index in [2.05, 4.69) is 32.2 Å². The van der Waals surface area contributed by atoms with Crippen LogP contribution >= 0.6 is 0 Å². The number of nitrogens with zero attached hydrogens (tertiary/aromatic N) is 3. The first-order chi connectivity index (χ1) is 14.1. The largest absolute Gasteiger partial charge is 0.497 e. The molecule has 2 aliphatic rings. The molecule has 0 radical (unpaired) electrons. The standard InChI is InChI=1S/C22H35N5O2/c1-24-22(27-13-5-6-17(16-27)14-21(23)28)25-15-20(26-11-3-4-12-26)18-7-9-19(29-2)10-8-18/h7-10,17,20H,3-6,11-16H2,1-2H3,(H2,23,28)(H,24,25). The van der Waals surface area contributed by atoms with Gasteiger partial charge in [-0.05, 0) is 62.4 Å². The van der Waals surface area contributed by atoms with E-state index < -0.39 is 0 Å². The smallest absolute Gasteiger partial charge is 0.217 e. The molecule has 0 spiro atoms. The van der Waals surface area contributed by atoms with Crippen molar-refractivity contribution in [3.8, 4) is 5.75 Å². The van der Waals surface area contributed by atoms with Crippen LogP contribution in [0.25, 0.3) is 0 Å². The number of ether oxygens (including phenoxy) is 1. The van der Waals surface area contributed by atoms with E-state index in [-0.39, 0.29) is 5.91 Å². The normalized spacial score (nSPS) is 21.8. The minimum Gasteiger partial charge on any atom is -0.497 e. The number of methoxy groups -OCH3 is 1. The zero-order valence-corrected chi connectivity index (χ0v) is 17.8. The molecule has 3 N–H and O–H groups in total. The number of primary amides is 1. The Morgan fingerprint density at radius 2 is 1.97 bits per heavy atom. The Hall–Kier alpha value is -2.28. The number of likely N-dealkylation sites (tertiary alicyclic amines) is 2. The van der Waals surface area contributed by atoms with Crippen molar-refractivity contribution in [2.45, 2.75) is 38.1 Å². The van der Waals surface area contributed by atoms with E-state index in [1.807, 2.05) is 19.2 Å². The molecule has 3 rings (SSSR count). The van der Waals surface area contributed by atoms with Crippen LogP contribution in [0.2, 0.25) is 0 Å². The molecule has 0 saturated carbocycles. The minimum absolute atomic E-state index is 0.214. The van der Waals surface area contributed by atoms with Gasteiger partial charge in [-0.3, -0.25) is 14.7 Å². The molecule has 0 bridgehead atoms. The number of benzene rings is 1. The quantitative estimate of drug-likeness (QED) is 0.539. The average Bonchev–Trinajstić information content (AvgIpc) is 3.26. The predicted molar refractivity (Wildman–Crippen MR) is 116 cm³/mol. The Labute approximate surface area is 174 Å². The van der Waals surface area contributed by atoms with Gasteiger partial charge in [0.1, 0.15) is 5.75 Å². The van der Waals surface area contributed by atoms with Crippen molar-refractivity contribution >= 4 is 11.9 Å². The first kappa shape index (κ1) is 21.4. The van der Waals surface area contributed by atoms with Gasteiger partial charge in [-0.15, -0.1) is 0 Å². The predicted octanol–water partition coefficient (Wildman–Crippen LogP) is 1.99. The van der Waals surface area contributed by atoms with Crippen molar-refractivity contribution < 1.29 is 9.53 Å². The van der Waals surface area contributed by atoms with E-state index in [1.165, 1.54) is 18.4 Å². The van der Waals surface area contributed by atoms with Gasteiger partial charge < -0.3 is 20.7 Å². The third-order valence-corrected chi connectivity index (χ3v) is 6.06. The van der Waals surface area contributed by atoms with Crippen LogP contribution in [-0.2, 0) is 4.79 Å². The van der Waals surface area contributed by atoms with Gasteiger partial charge in [-0.25, -0.2) is 0 Å². The van der Waals surface area contributed by atoms with E-state index in [4.69, 9.17) is 10.5 Å². The summed E-state index contributed by atoms with van der Waals surface area (Å²) in [5.41, 5.74) is 6.71. The lowest BCUT2D eigenvalue weighted by molar-refractivity contribution is -0.119. The van der Waals surface area contributed by atoms with Gasteiger partial charge >= 0.3 is 0 Å². The molecule has 7 nitrogen and oxygen atoms in total. The van der Waals surface area contributed by atoms with Crippen molar-refractivity contribution in [1.29, 1.82) is 0 Å². The molecule has 1 aromatic carbocycles. The zero-order chi connectivity index (χ0) is 20.6. The highest BCUT2D eigenvalue weighted by molar-refractivity contribution is 5.80. The van der Waals surface area contributed by atoms with Crippen LogP contribution in [0.4, 0.5) is 0 Å². The fourth-order valence-electron chi connectivity index (χ4n) is 4.57. The maximum Gasteiger partial charge on any atom is 0.217 e. The number of carbonyl (C=O) groups is 1. The number of aliphatic imine (C=N–C) groups is 1. The number of piperidine rings is 1. The summed E-state index contributed by atoms with van der Waals surface area (Å²) in [4.78, 5) is 20.7. The van der Waals surface area contributed by atoms with E-state index in [0.717, 1.165) is 57.3 Å². The molecule has 2 saturated heterocycles. The molecule has 2 aliphatic heterocycles. The summed E-state index contributed by atoms with van der Waals surface area (Å²) in [5.74, 6) is 1.90. The summed E-state index contributed by atoms with van der Waals surface area (Å²) in [6.07, 6.45) is 5.08. The fourth-order valence-corrected chi connectivity index (χ4v) is 4.57. The summed E-state index contributed by atoms with van der Waals surface area (Å²) >= 11 is 0. The maximum absolute atomic E-state index is 11.3. The van der Waals surface area contributed by atoms with Crippen molar-refractivity contribution in [2.75, 3.05) is 46.9 Å². The first-order valence-electron chi connectivity index (χ1n) is 10.7. The molecule has 1 aromatic rings. The average molecular weight is 402 g/mol. The van der Waals surface area contributed by atoms with E-state index >= 15 is 0 Å². The summed E-state index contributed by atoms with van der Waals surface area (Å²) in [6.45, 7) is 4.85. The number of nitrogens with two attached hydrogens (primary N) is 1. The zero-order valence-electron chi connectivity index (χ0n) is 17.8. The highest BCUT2D eigenvalue weighted by Crippen LogP contribution is 2.26. The molecule has 2 atom stereocenters. The van der Waals surface area contributed by atoms with Crippen LogP contribution in [-0.4, -0.2) is 68.5 Å². The van der Waals surface area contributed by atoms with Crippen LogP contribution in [0.1, 0.15) is 43.7 Å². The van der Waals surface area contributed by atoms with Crippen LogP contribution in [0, 0.1) is 5.92 Å². The molecule has 0 aromatic heterocycles. The maximum atomic E-state index is 11.3. The van der Waals surface area contributed by atoms with Crippen LogP contribution in [0.15, 0.2) is 29.3 Å². The molecule has 2 unspecified atom stereocenters. The van der Waals surface area contributed by atoms with Crippen molar-refractivity contribution in [2.24, 2.45) is 16.6 Å². The summed E-state index contributed by atoms with van der Waals surface area (Å²) in [6, 6.07) is 8.69. The van der Waals surface area contributed by atoms with Crippen molar-refractivity contribution in [1.82, 2.24) is 15.1 Å². The Morgan fingerprint density at radius 1 is 1.24 bits per heavy atom. The number of carbonyl (C=O) groups excluding carboxylic acids is 1. The molecular formula is C22H35N5O2. The number of guanidine groups is 1. The Balaban J connectivity index is 1.66. The molecule has 1 amide bonds. The van der Waals surface area contributed by atoms with E-state index in [9.17, 15) is 4.79 Å². The van der Waals surface area contributed by atoms with Crippen molar-refractivity contribution in [3.05, 3.63) is 29.8 Å². The third-order valence-electron chi connectivity index (χ3n) is 6.06. The lowest BCUT2D eigenvalue weighted by Crippen LogP contribution is -2.49. The van der Waals surface area contributed by atoms with Gasteiger partial charge in [-0.1, -0.05) is 12.1 Å². The van der Waals surface area contributed by atoms with Crippen LogP contribution < -0.4 is 15.8 Å². The molecule has 160 valence electrons. The molecule has 2 fully saturated rings. The highest BCUT2D eigenvalue weighted by atomic mass is 16.5. The number of hydrogen-bond acceptors (Lipinski definition) is 4. The van der Waals surface area contributed by atoms with Crippen molar-refractivity contribution in [3.63, 3.8) is 0 Å². The van der Waals surface area contributed by atoms with Gasteiger partial charge in [0.2, 0.25) is 5.91 Å². The minimum atomic E-state index is -0.214. The molecule has 29 heavy (non-hydrogen) atoms. The van der Waals surface area contributed by atoms with Gasteiger partial charge in [0.15, 0.2) is 5.96 Å². The van der Waals surface area contributed by atoms with E-state index in [1.54, 1.807) is 7.11 Å². The number of nitrogens with one attached hydrogen (secondary N) is 1. The summed E-state index contributed by atoms with van der Waals surface area (Å²) < 4.78 is 5.32. The summed E-state index contributed by atoms with van der Waals surface area (Å²) in [7, 11) is 3.53. The topological polar surface area (TPSA) is 83.2 Å². The lowest BCUT2D eigenvalue weighted by atomic mass is 9.95. The number of rotatable bonds is 7. The number of hydrogen-bond donors (Lipinski definition) is 2. The highest BCUT2D eigenvalue weighted by Gasteiger charge is 2.26. The monoisotopic (exact) mass is 401 g/mol. The second kappa shape index (κ2) is 10.5. The Bertz CT molecular complexity index is 685. The van der Waals surface area contributed by atoms with Gasteiger partial charge in [0.05, 0.1) is 13.2 Å². The Morgan fingerprint density at radius 3 is 2.59 bits per heavy atom. The number of amides is 1. The molecule has 2 heterocycles. The first-order valence-corrected chi connectivity index (χ1v) is 10.7. The van der Waals surface area contributed by atoms with E-state index in [0.29, 0.717) is 18.4 Å².